The zero-order chi connectivity index (χ0) is 22.0. The lowest BCUT2D eigenvalue weighted by Gasteiger charge is -2.35. The summed E-state index contributed by atoms with van der Waals surface area (Å²) in [6.45, 7) is 3.68. The zero-order valence-corrected chi connectivity index (χ0v) is 19.0. The number of nitrogens with zero attached hydrogens (tertiary/aromatic N) is 2. The minimum absolute atomic E-state index is 0.0597. The van der Waals surface area contributed by atoms with Crippen molar-refractivity contribution in [1.29, 1.82) is 0 Å². The number of carbonyl (C=O) groups is 1. The number of methoxy groups -OCH3 is 1. The van der Waals surface area contributed by atoms with E-state index in [-0.39, 0.29) is 16.4 Å². The van der Waals surface area contributed by atoms with Crippen molar-refractivity contribution >= 4 is 43.1 Å². The normalized spacial score (nSPS) is 15.2. The molecule has 0 atom stereocenters. The molecule has 0 unspecified atom stereocenters. The summed E-state index contributed by atoms with van der Waals surface area (Å²) in [5, 5.41) is 0.563. The molecule has 3 aromatic rings. The highest BCUT2D eigenvalue weighted by Crippen LogP contribution is 2.37. The molecule has 0 aliphatic carbocycles. The fourth-order valence-electron chi connectivity index (χ4n) is 3.72. The molecule has 0 bridgehead atoms. The van der Waals surface area contributed by atoms with Gasteiger partial charge in [0.05, 0.1) is 13.7 Å². The molecule has 2 heterocycles. The maximum atomic E-state index is 13.6. The Morgan fingerprint density at radius 3 is 2.35 bits per heavy atom. The van der Waals surface area contributed by atoms with Crippen LogP contribution in [0.2, 0.25) is 0 Å². The largest absolute Gasteiger partial charge is 0.497 e. The highest BCUT2D eigenvalue weighted by molar-refractivity contribution is 7.89. The summed E-state index contributed by atoms with van der Waals surface area (Å²) in [5.74, 6) is 0.180. The first-order chi connectivity index (χ1) is 15.0. The molecule has 31 heavy (non-hydrogen) atoms. The molecular formula is C22H24N2O5S2. The molecule has 2 aromatic carbocycles. The molecule has 1 aromatic heterocycles. The number of thiophene rings is 1. The van der Waals surface area contributed by atoms with Crippen molar-refractivity contribution in [2.75, 3.05) is 44.8 Å². The molecule has 1 aliphatic heterocycles. The number of benzene rings is 2. The molecule has 9 heteroatoms. The van der Waals surface area contributed by atoms with Crippen LogP contribution in [0.4, 0.5) is 5.69 Å². The molecule has 1 aliphatic rings. The van der Waals surface area contributed by atoms with E-state index >= 15 is 0 Å². The summed E-state index contributed by atoms with van der Waals surface area (Å²) in [6, 6.07) is 14.9. The van der Waals surface area contributed by atoms with Gasteiger partial charge in [-0.15, -0.1) is 11.3 Å². The second-order valence-electron chi connectivity index (χ2n) is 7.07. The van der Waals surface area contributed by atoms with E-state index in [9.17, 15) is 13.2 Å². The molecule has 0 saturated carbocycles. The number of carbonyl (C=O) groups excluding carboxylic acids is 1. The van der Waals surface area contributed by atoms with E-state index in [1.165, 1.54) is 4.31 Å². The maximum absolute atomic E-state index is 13.6. The SMILES string of the molecule is CCOC(=O)c1sc2ccccc2c1S(=O)(=O)N1CCN(c2ccc(OC)cc2)CC1. The van der Waals surface area contributed by atoms with Gasteiger partial charge >= 0.3 is 5.97 Å². The molecule has 0 amide bonds. The minimum atomic E-state index is -3.86. The summed E-state index contributed by atoms with van der Waals surface area (Å²) in [7, 11) is -2.24. The third kappa shape index (κ3) is 4.13. The highest BCUT2D eigenvalue weighted by atomic mass is 32.2. The van der Waals surface area contributed by atoms with Crippen molar-refractivity contribution in [3.05, 3.63) is 53.4 Å². The molecule has 0 spiro atoms. The third-order valence-corrected chi connectivity index (χ3v) is 8.55. The number of hydrogen-bond donors (Lipinski definition) is 0. The number of esters is 1. The summed E-state index contributed by atoms with van der Waals surface area (Å²) >= 11 is 1.16. The Kier molecular flexibility index (Phi) is 6.17. The van der Waals surface area contributed by atoms with Crippen molar-refractivity contribution in [2.24, 2.45) is 0 Å². The van der Waals surface area contributed by atoms with Gasteiger partial charge in [-0.1, -0.05) is 18.2 Å². The van der Waals surface area contributed by atoms with Gasteiger partial charge in [-0.25, -0.2) is 13.2 Å². The molecule has 164 valence electrons. The van der Waals surface area contributed by atoms with Gasteiger partial charge < -0.3 is 14.4 Å². The first-order valence-corrected chi connectivity index (χ1v) is 12.3. The predicted molar refractivity (Wildman–Crippen MR) is 122 cm³/mol. The highest BCUT2D eigenvalue weighted by Gasteiger charge is 2.35. The van der Waals surface area contributed by atoms with Gasteiger partial charge in [-0.05, 0) is 37.3 Å². The van der Waals surface area contributed by atoms with E-state index in [0.717, 1.165) is 27.5 Å². The van der Waals surface area contributed by atoms with Gasteiger partial charge in [0, 0.05) is 42.0 Å². The lowest BCUT2D eigenvalue weighted by molar-refractivity contribution is 0.0528. The molecule has 1 saturated heterocycles. The lowest BCUT2D eigenvalue weighted by Crippen LogP contribution is -2.48. The fourth-order valence-corrected chi connectivity index (χ4v) is 6.89. The van der Waals surface area contributed by atoms with E-state index in [2.05, 4.69) is 4.90 Å². The van der Waals surface area contributed by atoms with Gasteiger partial charge in [-0.2, -0.15) is 4.31 Å². The monoisotopic (exact) mass is 460 g/mol. The van der Waals surface area contributed by atoms with Crippen LogP contribution in [-0.2, 0) is 14.8 Å². The van der Waals surface area contributed by atoms with E-state index in [4.69, 9.17) is 9.47 Å². The molecule has 0 N–H and O–H groups in total. The topological polar surface area (TPSA) is 76.2 Å². The minimum Gasteiger partial charge on any atom is -0.497 e. The van der Waals surface area contributed by atoms with Crippen molar-refractivity contribution in [3.8, 4) is 5.75 Å². The van der Waals surface area contributed by atoms with E-state index < -0.39 is 16.0 Å². The van der Waals surface area contributed by atoms with Gasteiger partial charge in [0.25, 0.3) is 0 Å². The molecule has 0 radical (unpaired) electrons. The van der Waals surface area contributed by atoms with Gasteiger partial charge in [-0.3, -0.25) is 0 Å². The summed E-state index contributed by atoms with van der Waals surface area (Å²) in [5.41, 5.74) is 1.02. The molecule has 7 nitrogen and oxygen atoms in total. The second kappa shape index (κ2) is 8.86. The quantitative estimate of drug-likeness (QED) is 0.523. The Morgan fingerprint density at radius 2 is 1.71 bits per heavy atom. The van der Waals surface area contributed by atoms with Gasteiger partial charge in [0.15, 0.2) is 0 Å². The van der Waals surface area contributed by atoms with Crippen LogP contribution in [0.1, 0.15) is 16.6 Å². The standard InChI is InChI=1S/C22H24N2O5S2/c1-3-29-22(25)20-21(18-6-4-5-7-19(18)30-20)31(26,27)24-14-12-23(13-15-24)16-8-10-17(28-2)11-9-16/h4-11H,3,12-15H2,1-2H3. The molecular weight excluding hydrogens is 436 g/mol. The smallest absolute Gasteiger partial charge is 0.349 e. The van der Waals surface area contributed by atoms with Crippen LogP contribution in [-0.4, -0.2) is 58.6 Å². The number of ether oxygens (including phenoxy) is 2. The maximum Gasteiger partial charge on any atom is 0.349 e. The molecule has 1 fully saturated rings. The van der Waals surface area contributed by atoms with E-state index in [0.29, 0.717) is 31.6 Å². The van der Waals surface area contributed by atoms with Crippen LogP contribution >= 0.6 is 11.3 Å². The third-order valence-electron chi connectivity index (χ3n) is 5.28. The van der Waals surface area contributed by atoms with Crippen LogP contribution in [0, 0.1) is 0 Å². The Hall–Kier alpha value is -2.62. The Bertz CT molecular complexity index is 1180. The summed E-state index contributed by atoms with van der Waals surface area (Å²) in [6.07, 6.45) is 0. The van der Waals surface area contributed by atoms with E-state index in [1.54, 1.807) is 26.2 Å². The number of anilines is 1. The van der Waals surface area contributed by atoms with Crippen LogP contribution in [0.15, 0.2) is 53.4 Å². The Morgan fingerprint density at radius 1 is 1.03 bits per heavy atom. The van der Waals surface area contributed by atoms with Crippen molar-refractivity contribution < 1.29 is 22.7 Å². The number of rotatable bonds is 6. The zero-order valence-electron chi connectivity index (χ0n) is 17.4. The van der Waals surface area contributed by atoms with Crippen molar-refractivity contribution in [1.82, 2.24) is 4.31 Å². The summed E-state index contributed by atoms with van der Waals surface area (Å²) in [4.78, 5) is 14.9. The number of piperazine rings is 1. The average molecular weight is 461 g/mol. The Labute approximate surface area is 185 Å². The van der Waals surface area contributed by atoms with Gasteiger partial charge in [0.1, 0.15) is 15.5 Å². The first kappa shape index (κ1) is 21.6. The number of fused-ring (bicyclic) bond motifs is 1. The molecule has 4 rings (SSSR count). The second-order valence-corrected chi connectivity index (χ2v) is 9.99. The van der Waals surface area contributed by atoms with Crippen LogP contribution < -0.4 is 9.64 Å². The van der Waals surface area contributed by atoms with Crippen molar-refractivity contribution in [3.63, 3.8) is 0 Å². The summed E-state index contributed by atoms with van der Waals surface area (Å²) < 4.78 is 39.8. The number of sulfonamides is 1. The average Bonchev–Trinajstić information content (AvgIpc) is 3.20. The first-order valence-electron chi connectivity index (χ1n) is 10.0. The lowest BCUT2D eigenvalue weighted by atomic mass is 10.2. The van der Waals surface area contributed by atoms with Gasteiger partial charge in [0.2, 0.25) is 10.0 Å². The fraction of sp³-hybridized carbons (Fsp3) is 0.318. The van der Waals surface area contributed by atoms with Crippen LogP contribution in [0.25, 0.3) is 10.1 Å². The van der Waals surface area contributed by atoms with Crippen molar-refractivity contribution in [2.45, 2.75) is 11.8 Å². The van der Waals surface area contributed by atoms with Crippen LogP contribution in [0.5, 0.6) is 5.75 Å². The number of hydrogen-bond acceptors (Lipinski definition) is 7. The van der Waals surface area contributed by atoms with E-state index in [1.807, 2.05) is 36.4 Å². The van der Waals surface area contributed by atoms with Crippen LogP contribution in [0.3, 0.4) is 0 Å². The Balaban J connectivity index is 1.61. The predicted octanol–water partition coefficient (Wildman–Crippen LogP) is 3.60.